The van der Waals surface area contributed by atoms with Gasteiger partial charge in [0.2, 0.25) is 0 Å². The van der Waals surface area contributed by atoms with Crippen molar-refractivity contribution >= 4 is 29.9 Å². The molecule has 3 heterocycles. The Balaban J connectivity index is 0.00000192. The second-order valence-electron chi connectivity index (χ2n) is 5.64. The summed E-state index contributed by atoms with van der Waals surface area (Å²) in [6.45, 7) is 5.04. The van der Waals surface area contributed by atoms with Crippen LogP contribution < -0.4 is 5.73 Å². The first kappa shape index (κ1) is 17.7. The summed E-state index contributed by atoms with van der Waals surface area (Å²) in [6, 6.07) is 5.43. The molecule has 0 unspecified atom stereocenters. The highest BCUT2D eigenvalue weighted by atomic mass is 35.5. The average Bonchev–Trinajstić information content (AvgIpc) is 3.04. The Kier molecular flexibility index (Phi) is 5.29. The van der Waals surface area contributed by atoms with Crippen LogP contribution in [0, 0.1) is 13.8 Å². The maximum Gasteiger partial charge on any atom is 0.274 e. The number of aryl methyl sites for hydroxylation is 2. The predicted octanol–water partition coefficient (Wildman–Crippen LogP) is 2.13. The van der Waals surface area contributed by atoms with Crippen molar-refractivity contribution in [1.29, 1.82) is 0 Å². The van der Waals surface area contributed by atoms with Crippen molar-refractivity contribution in [2.24, 2.45) is 5.73 Å². The maximum atomic E-state index is 12.6. The molecule has 1 saturated heterocycles. The zero-order valence-electron chi connectivity index (χ0n) is 13.0. The zero-order chi connectivity index (χ0) is 15.9. The molecule has 2 aromatic heterocycles. The van der Waals surface area contributed by atoms with Gasteiger partial charge in [-0.05, 0) is 38.5 Å². The third-order valence-electron chi connectivity index (χ3n) is 3.77. The number of hydrogen-bond donors (Lipinski definition) is 1. The fourth-order valence-corrected chi connectivity index (χ4v) is 2.87. The summed E-state index contributed by atoms with van der Waals surface area (Å²) in [4.78, 5) is 18.7. The minimum atomic E-state index is -0.179. The predicted molar refractivity (Wildman–Crippen MR) is 91.6 cm³/mol. The summed E-state index contributed by atoms with van der Waals surface area (Å²) >= 11 is 6.17. The molecule has 0 bridgehead atoms. The van der Waals surface area contributed by atoms with Crippen LogP contribution in [0.5, 0.6) is 0 Å². The smallest absolute Gasteiger partial charge is 0.274 e. The van der Waals surface area contributed by atoms with E-state index in [1.54, 1.807) is 21.7 Å². The van der Waals surface area contributed by atoms with Gasteiger partial charge in [-0.15, -0.1) is 12.4 Å². The number of aromatic nitrogens is 3. The highest BCUT2D eigenvalue weighted by molar-refractivity contribution is 6.33. The van der Waals surface area contributed by atoms with Crippen molar-refractivity contribution in [2.75, 3.05) is 13.1 Å². The van der Waals surface area contributed by atoms with Crippen molar-refractivity contribution in [2.45, 2.75) is 26.3 Å². The Morgan fingerprint density at radius 1 is 1.39 bits per heavy atom. The van der Waals surface area contributed by atoms with Crippen molar-refractivity contribution in [3.63, 3.8) is 0 Å². The molecule has 8 heteroatoms. The average molecular weight is 356 g/mol. The second-order valence-corrected chi connectivity index (χ2v) is 6.05. The molecule has 1 fully saturated rings. The van der Waals surface area contributed by atoms with E-state index in [1.165, 1.54) is 0 Å². The number of rotatable bonds is 2. The minimum Gasteiger partial charge on any atom is -0.336 e. The molecule has 23 heavy (non-hydrogen) atoms. The number of likely N-dealkylation sites (tertiary alicyclic amines) is 1. The summed E-state index contributed by atoms with van der Waals surface area (Å²) < 4.78 is 1.71. The normalized spacial score (nSPS) is 17.2. The Morgan fingerprint density at radius 3 is 2.70 bits per heavy atom. The van der Waals surface area contributed by atoms with E-state index in [0.717, 1.165) is 17.8 Å². The van der Waals surface area contributed by atoms with E-state index in [1.807, 2.05) is 19.9 Å². The molecule has 0 aliphatic carbocycles. The van der Waals surface area contributed by atoms with E-state index in [2.05, 4.69) is 10.1 Å². The first-order valence-electron chi connectivity index (χ1n) is 7.21. The quantitative estimate of drug-likeness (QED) is 0.894. The molecule has 6 nitrogen and oxygen atoms in total. The number of nitrogens with two attached hydrogens (primary N) is 1. The van der Waals surface area contributed by atoms with Gasteiger partial charge in [-0.25, -0.2) is 9.67 Å². The van der Waals surface area contributed by atoms with Gasteiger partial charge in [0.25, 0.3) is 5.91 Å². The van der Waals surface area contributed by atoms with Crippen LogP contribution in [0.25, 0.3) is 5.82 Å². The van der Waals surface area contributed by atoms with Crippen LogP contribution in [-0.2, 0) is 0 Å². The topological polar surface area (TPSA) is 77.0 Å². The third kappa shape index (κ3) is 3.49. The largest absolute Gasteiger partial charge is 0.336 e. The number of halogens is 2. The highest BCUT2D eigenvalue weighted by Gasteiger charge is 2.27. The van der Waals surface area contributed by atoms with E-state index >= 15 is 0 Å². The Bertz CT molecular complexity index is 731. The molecule has 1 aliphatic heterocycles. The summed E-state index contributed by atoms with van der Waals surface area (Å²) in [5.41, 5.74) is 7.96. The molecule has 1 amide bonds. The first-order chi connectivity index (χ1) is 10.5. The Hall–Kier alpha value is -1.63. The molecule has 1 aliphatic rings. The van der Waals surface area contributed by atoms with Crippen LogP contribution in [0.2, 0.25) is 5.02 Å². The lowest BCUT2D eigenvalue weighted by atomic mass is 10.3. The number of carbonyl (C=O) groups excluding carboxylic acids is 1. The monoisotopic (exact) mass is 355 g/mol. The third-order valence-corrected chi connectivity index (χ3v) is 4.08. The zero-order valence-corrected chi connectivity index (χ0v) is 14.6. The number of hydrogen-bond acceptors (Lipinski definition) is 4. The van der Waals surface area contributed by atoms with Gasteiger partial charge in [0.05, 0.1) is 10.7 Å². The molecule has 124 valence electrons. The van der Waals surface area contributed by atoms with Crippen molar-refractivity contribution in [1.82, 2.24) is 19.7 Å². The Labute approximate surface area is 146 Å². The summed E-state index contributed by atoms with van der Waals surface area (Å²) in [5.74, 6) is 0.406. The molecule has 3 rings (SSSR count). The molecule has 2 aromatic rings. The molecule has 0 aromatic carbocycles. The van der Waals surface area contributed by atoms with E-state index in [9.17, 15) is 4.79 Å². The van der Waals surface area contributed by atoms with Crippen LogP contribution in [0.1, 0.15) is 28.3 Å². The van der Waals surface area contributed by atoms with Crippen molar-refractivity contribution in [3.8, 4) is 5.82 Å². The molecule has 1 atom stereocenters. The van der Waals surface area contributed by atoms with Gasteiger partial charge in [-0.1, -0.05) is 11.6 Å². The fraction of sp³-hybridized carbons (Fsp3) is 0.400. The van der Waals surface area contributed by atoms with Crippen LogP contribution in [0.4, 0.5) is 0 Å². The second kappa shape index (κ2) is 6.86. The molecular weight excluding hydrogens is 337 g/mol. The van der Waals surface area contributed by atoms with Gasteiger partial charge in [-0.2, -0.15) is 5.10 Å². The maximum absolute atomic E-state index is 12.6. The van der Waals surface area contributed by atoms with Gasteiger partial charge in [-0.3, -0.25) is 4.79 Å². The molecule has 0 spiro atoms. The van der Waals surface area contributed by atoms with Gasteiger partial charge in [0.15, 0.2) is 5.82 Å². The van der Waals surface area contributed by atoms with Gasteiger partial charge < -0.3 is 10.6 Å². The van der Waals surface area contributed by atoms with Crippen LogP contribution >= 0.6 is 24.0 Å². The standard InChI is InChI=1S/C15H18ClN5O.ClH/c1-9-7-10(2)21(19-9)13-4-3-12(16)14(18-13)15(22)20-6-5-11(17)8-20;/h3-4,7,11H,5-6,8,17H2,1-2H3;1H/t11-;/m1./s1. The molecule has 0 radical (unpaired) electrons. The van der Waals surface area contributed by atoms with Gasteiger partial charge >= 0.3 is 0 Å². The first-order valence-corrected chi connectivity index (χ1v) is 7.58. The Morgan fingerprint density at radius 2 is 2.13 bits per heavy atom. The number of nitrogens with zero attached hydrogens (tertiary/aromatic N) is 4. The van der Waals surface area contributed by atoms with Crippen molar-refractivity contribution < 1.29 is 4.79 Å². The lowest BCUT2D eigenvalue weighted by molar-refractivity contribution is 0.0785. The lowest BCUT2D eigenvalue weighted by Gasteiger charge is -2.16. The minimum absolute atomic E-state index is 0. The van der Waals surface area contributed by atoms with Crippen LogP contribution in [0.3, 0.4) is 0 Å². The van der Waals surface area contributed by atoms with Crippen LogP contribution in [-0.4, -0.2) is 44.7 Å². The lowest BCUT2D eigenvalue weighted by Crippen LogP contribution is -2.32. The van der Waals surface area contributed by atoms with E-state index in [4.69, 9.17) is 17.3 Å². The highest BCUT2D eigenvalue weighted by Crippen LogP contribution is 2.21. The summed E-state index contributed by atoms with van der Waals surface area (Å²) in [6.07, 6.45) is 0.806. The molecule has 0 saturated carbocycles. The van der Waals surface area contributed by atoms with Crippen molar-refractivity contribution in [3.05, 3.63) is 40.3 Å². The van der Waals surface area contributed by atoms with Crippen LogP contribution in [0.15, 0.2) is 18.2 Å². The van der Waals surface area contributed by atoms with E-state index in [-0.39, 0.29) is 30.0 Å². The summed E-state index contributed by atoms with van der Waals surface area (Å²) in [5, 5.41) is 4.73. The van der Waals surface area contributed by atoms with E-state index < -0.39 is 0 Å². The van der Waals surface area contributed by atoms with Gasteiger partial charge in [0, 0.05) is 24.8 Å². The number of pyridine rings is 1. The molecular formula is C15H19Cl2N5O. The molecule has 2 N–H and O–H groups in total. The fourth-order valence-electron chi connectivity index (χ4n) is 2.68. The summed E-state index contributed by atoms with van der Waals surface area (Å²) in [7, 11) is 0. The van der Waals surface area contributed by atoms with Gasteiger partial charge in [0.1, 0.15) is 5.69 Å². The SMILES string of the molecule is Cc1cc(C)n(-c2ccc(Cl)c(C(=O)N3CC[C@@H](N)C3)n2)n1.Cl. The number of amides is 1. The van der Waals surface area contributed by atoms with E-state index in [0.29, 0.717) is 23.9 Å². The number of carbonyl (C=O) groups is 1.